The van der Waals surface area contributed by atoms with E-state index in [0.717, 1.165) is 66.4 Å². The second-order valence-corrected chi connectivity index (χ2v) is 13.8. The monoisotopic (exact) mass is 708 g/mol. The molecule has 0 aliphatic heterocycles. The quantitative estimate of drug-likeness (QED) is 0.160. The summed E-state index contributed by atoms with van der Waals surface area (Å²) < 4.78 is 13.4. The summed E-state index contributed by atoms with van der Waals surface area (Å²) in [5.41, 5.74) is 17.6. The van der Waals surface area contributed by atoms with E-state index in [4.69, 9.17) is 14.9 Å². The number of furan rings is 1. The molecule has 2 N–H and O–H groups in total. The van der Waals surface area contributed by atoms with Gasteiger partial charge in [-0.05, 0) is 74.3 Å². The average molecular weight is 709 g/mol. The first-order chi connectivity index (χ1) is 27.2. The van der Waals surface area contributed by atoms with Crippen LogP contribution in [0.5, 0.6) is 5.75 Å². The Morgan fingerprint density at radius 1 is 0.491 bits per heavy atom. The number of rotatable bonds is 8. The summed E-state index contributed by atoms with van der Waals surface area (Å²) in [6.45, 7) is 0.375. The van der Waals surface area contributed by atoms with Crippen LogP contribution in [0.2, 0.25) is 0 Å². The van der Waals surface area contributed by atoms with Gasteiger partial charge >= 0.3 is 0 Å². The lowest BCUT2D eigenvalue weighted by molar-refractivity contribution is 0.308. The molecule has 1 heterocycles. The first-order valence-electron chi connectivity index (χ1n) is 18.6. The maximum atomic E-state index is 7.33. The lowest BCUT2D eigenvalue weighted by Crippen LogP contribution is -2.14. The molecule has 4 heteroatoms. The summed E-state index contributed by atoms with van der Waals surface area (Å²) in [5.74, 6) is 0.598. The minimum atomic E-state index is 0.375. The predicted molar refractivity (Wildman–Crippen MR) is 229 cm³/mol. The molecule has 0 fully saturated rings. The van der Waals surface area contributed by atoms with Crippen molar-refractivity contribution in [2.75, 3.05) is 10.6 Å². The molecule has 1 aromatic heterocycles. The molecular weight excluding hydrogens is 673 g/mol. The number of hydrogen-bond acceptors (Lipinski definition) is 4. The normalized spacial score (nSPS) is 11.4. The van der Waals surface area contributed by atoms with Crippen molar-refractivity contribution in [3.8, 4) is 28.0 Å². The van der Waals surface area contributed by atoms with Crippen LogP contribution in [-0.2, 0) is 6.61 Å². The van der Waals surface area contributed by atoms with Crippen molar-refractivity contribution in [2.45, 2.75) is 6.61 Å². The van der Waals surface area contributed by atoms with Crippen molar-refractivity contribution in [2.24, 2.45) is 0 Å². The Kier molecular flexibility index (Phi) is 8.00. The molecule has 0 aliphatic rings. The number of hydrogen-bond donors (Lipinski definition) is 1. The van der Waals surface area contributed by atoms with Gasteiger partial charge in [0, 0.05) is 21.8 Å². The van der Waals surface area contributed by atoms with Crippen molar-refractivity contribution in [3.05, 3.63) is 200 Å². The molecule has 0 aliphatic carbocycles. The molecule has 4 nitrogen and oxygen atoms in total. The van der Waals surface area contributed by atoms with E-state index in [9.17, 15) is 0 Å². The van der Waals surface area contributed by atoms with Crippen molar-refractivity contribution in [1.82, 2.24) is 0 Å². The van der Waals surface area contributed by atoms with E-state index in [1.807, 2.05) is 48.5 Å². The zero-order chi connectivity index (χ0) is 36.7. The fraction of sp³-hybridized carbons (Fsp3) is 0.0196. The molecule has 0 unspecified atom stereocenters. The molecule has 262 valence electrons. The van der Waals surface area contributed by atoms with Crippen molar-refractivity contribution in [1.29, 1.82) is 0 Å². The molecule has 0 atom stereocenters. The van der Waals surface area contributed by atoms with E-state index in [1.54, 1.807) is 0 Å². The number of fused-ring (bicyclic) bond motifs is 5. The number of nitrogens with two attached hydrogens (primary N) is 1. The second-order valence-electron chi connectivity index (χ2n) is 13.8. The maximum absolute atomic E-state index is 7.33. The summed E-state index contributed by atoms with van der Waals surface area (Å²) in [7, 11) is 0. The Labute approximate surface area is 319 Å². The lowest BCUT2D eigenvalue weighted by atomic mass is 9.92. The van der Waals surface area contributed by atoms with Gasteiger partial charge in [0.15, 0.2) is 5.58 Å². The fourth-order valence-electron chi connectivity index (χ4n) is 7.90. The number of para-hydroxylation sites is 1. The van der Waals surface area contributed by atoms with Gasteiger partial charge in [-0.15, -0.1) is 0 Å². The zero-order valence-corrected chi connectivity index (χ0v) is 30.0. The highest BCUT2D eigenvalue weighted by molar-refractivity contribution is 6.17. The van der Waals surface area contributed by atoms with Gasteiger partial charge in [-0.3, -0.25) is 0 Å². The molecule has 10 rings (SSSR count). The van der Waals surface area contributed by atoms with E-state index in [-0.39, 0.29) is 0 Å². The summed E-state index contributed by atoms with van der Waals surface area (Å²) in [4.78, 5) is 2.25. The van der Waals surface area contributed by atoms with E-state index in [1.165, 1.54) is 16.3 Å². The number of nitrogen functional groups attached to an aromatic ring is 1. The van der Waals surface area contributed by atoms with Gasteiger partial charge in [0.2, 0.25) is 0 Å². The third-order valence-electron chi connectivity index (χ3n) is 10.6. The van der Waals surface area contributed by atoms with Gasteiger partial charge in [0.05, 0.1) is 5.69 Å². The van der Waals surface area contributed by atoms with E-state index < -0.39 is 0 Å². The molecule has 0 amide bonds. The molecule has 0 saturated carbocycles. The van der Waals surface area contributed by atoms with Gasteiger partial charge in [-0.25, -0.2) is 0 Å². The van der Waals surface area contributed by atoms with Gasteiger partial charge < -0.3 is 19.8 Å². The second kappa shape index (κ2) is 13.6. The number of anilines is 4. The average Bonchev–Trinajstić information content (AvgIpc) is 3.62. The summed E-state index contributed by atoms with van der Waals surface area (Å²) in [6, 6.07) is 67.7. The largest absolute Gasteiger partial charge is 0.487 e. The highest BCUT2D eigenvalue weighted by Crippen LogP contribution is 2.51. The Bertz CT molecular complexity index is 2980. The minimum absolute atomic E-state index is 0.375. The molecule has 55 heavy (non-hydrogen) atoms. The third-order valence-corrected chi connectivity index (χ3v) is 10.6. The molecule has 0 spiro atoms. The third kappa shape index (κ3) is 5.72. The van der Waals surface area contributed by atoms with Gasteiger partial charge in [0.25, 0.3) is 0 Å². The van der Waals surface area contributed by atoms with Crippen LogP contribution in [0.15, 0.2) is 199 Å². The van der Waals surface area contributed by atoms with Gasteiger partial charge in [-0.2, -0.15) is 0 Å². The van der Waals surface area contributed by atoms with Crippen molar-refractivity contribution < 1.29 is 9.15 Å². The van der Waals surface area contributed by atoms with Crippen LogP contribution in [0.25, 0.3) is 65.7 Å². The molecular formula is C51H36N2O2. The summed E-state index contributed by atoms with van der Waals surface area (Å²) >= 11 is 0. The Morgan fingerprint density at radius 2 is 1.11 bits per heavy atom. The Balaban J connectivity index is 1.24. The Hall–Kier alpha value is -7.30. The van der Waals surface area contributed by atoms with Crippen LogP contribution in [0.1, 0.15) is 5.56 Å². The van der Waals surface area contributed by atoms with Crippen molar-refractivity contribution >= 4 is 66.2 Å². The summed E-state index contributed by atoms with van der Waals surface area (Å²) in [6.07, 6.45) is 0. The van der Waals surface area contributed by atoms with E-state index >= 15 is 0 Å². The number of benzene rings is 9. The number of nitrogens with zero attached hydrogens (tertiary/aromatic N) is 1. The van der Waals surface area contributed by atoms with Crippen molar-refractivity contribution in [3.63, 3.8) is 0 Å². The lowest BCUT2D eigenvalue weighted by Gasteiger charge is -2.29. The van der Waals surface area contributed by atoms with Gasteiger partial charge in [0.1, 0.15) is 29.3 Å². The standard InChI is InChI=1S/C51H36N2O2/c52-49-48(54-33-34-14-3-1-4-15-34)32-45-44-23-11-12-25-47(44)55-51(45)50(49)53(38-28-26-36(27-29-38)35-16-5-2-6-17-35)46-31-30-42(41-21-9-10-22-43(41)46)40-24-13-19-37-18-7-8-20-39(37)40/h1-32H,33,52H2. The van der Waals surface area contributed by atoms with Crippen LogP contribution in [0, 0.1) is 0 Å². The highest BCUT2D eigenvalue weighted by Gasteiger charge is 2.27. The maximum Gasteiger partial charge on any atom is 0.161 e. The molecule has 10 aromatic rings. The molecule has 0 bridgehead atoms. The van der Waals surface area contributed by atoms with Crippen LogP contribution in [0.4, 0.5) is 22.7 Å². The summed E-state index contributed by atoms with van der Waals surface area (Å²) in [5, 5.41) is 6.58. The smallest absolute Gasteiger partial charge is 0.161 e. The van der Waals surface area contributed by atoms with Crippen LogP contribution < -0.4 is 15.4 Å². The molecule has 0 saturated heterocycles. The molecule has 0 radical (unpaired) electrons. The van der Waals surface area contributed by atoms with E-state index in [0.29, 0.717) is 23.6 Å². The first-order valence-corrected chi connectivity index (χ1v) is 18.6. The first kappa shape index (κ1) is 32.4. The SMILES string of the molecule is Nc1c(OCc2ccccc2)cc2c(oc3ccccc32)c1N(c1ccc(-c2ccccc2)cc1)c1ccc(-c2cccc3ccccc23)c2ccccc12. The highest BCUT2D eigenvalue weighted by atomic mass is 16.5. The molecule has 9 aromatic carbocycles. The predicted octanol–water partition coefficient (Wildman–Crippen LogP) is 13.9. The minimum Gasteiger partial charge on any atom is -0.487 e. The zero-order valence-electron chi connectivity index (χ0n) is 30.0. The Morgan fingerprint density at radius 3 is 1.91 bits per heavy atom. The van der Waals surface area contributed by atoms with E-state index in [2.05, 4.69) is 150 Å². The van der Waals surface area contributed by atoms with Crippen LogP contribution in [0.3, 0.4) is 0 Å². The van der Waals surface area contributed by atoms with Crippen LogP contribution >= 0.6 is 0 Å². The topological polar surface area (TPSA) is 51.6 Å². The fourth-order valence-corrected chi connectivity index (χ4v) is 7.90. The number of ether oxygens (including phenoxy) is 1. The van der Waals surface area contributed by atoms with Crippen LogP contribution in [-0.4, -0.2) is 0 Å². The van der Waals surface area contributed by atoms with Gasteiger partial charge in [-0.1, -0.05) is 164 Å².